The van der Waals surface area contributed by atoms with E-state index in [9.17, 15) is 4.39 Å². The zero-order valence-electron chi connectivity index (χ0n) is 6.96. The molecule has 1 aliphatic heterocycles. The van der Waals surface area contributed by atoms with Crippen LogP contribution in [-0.4, -0.2) is 24.2 Å². The van der Waals surface area contributed by atoms with Gasteiger partial charge in [0.2, 0.25) is 0 Å². The van der Waals surface area contributed by atoms with Gasteiger partial charge in [-0.05, 0) is 13.3 Å². The number of nitrogens with zero attached hydrogens (tertiary/aromatic N) is 2. The zero-order valence-corrected chi connectivity index (χ0v) is 7.77. The van der Waals surface area contributed by atoms with Crippen LogP contribution in [0.25, 0.3) is 0 Å². The maximum absolute atomic E-state index is 12.8. The molecule has 1 fully saturated rings. The second kappa shape index (κ2) is 3.01. The molecule has 0 aromatic carbocycles. The van der Waals surface area contributed by atoms with Gasteiger partial charge >= 0.3 is 0 Å². The Hall–Kier alpha value is -0.640. The molecule has 1 aromatic heterocycles. The predicted octanol–water partition coefficient (Wildman–Crippen LogP) is 2.00. The largest absolute Gasteiger partial charge is 0.345 e. The molecule has 0 bridgehead atoms. The lowest BCUT2D eigenvalue weighted by molar-refractivity contribution is 0.364. The van der Waals surface area contributed by atoms with Crippen LogP contribution in [-0.2, 0) is 0 Å². The van der Waals surface area contributed by atoms with E-state index in [2.05, 4.69) is 4.98 Å². The minimum absolute atomic E-state index is 0.521. The Morgan fingerprint density at radius 3 is 3.08 bits per heavy atom. The molecule has 0 saturated carbocycles. The summed E-state index contributed by atoms with van der Waals surface area (Å²) in [4.78, 5) is 6.32. The normalized spacial score (nSPS) is 23.5. The van der Waals surface area contributed by atoms with Crippen LogP contribution < -0.4 is 4.90 Å². The molecule has 1 saturated heterocycles. The van der Waals surface area contributed by atoms with Crippen LogP contribution in [0.5, 0.6) is 0 Å². The van der Waals surface area contributed by atoms with Crippen molar-refractivity contribution in [3.05, 3.63) is 11.1 Å². The summed E-state index contributed by atoms with van der Waals surface area (Å²) in [5.74, 6) is 0. The molecular formula is C8H11FN2S. The van der Waals surface area contributed by atoms with Gasteiger partial charge in [-0.15, -0.1) is 11.3 Å². The SMILES string of the molecule is Cc1csc(N2CC[C@H](F)C2)n1. The summed E-state index contributed by atoms with van der Waals surface area (Å²) in [5.41, 5.74) is 1.03. The van der Waals surface area contributed by atoms with Gasteiger partial charge in [0.15, 0.2) is 5.13 Å². The van der Waals surface area contributed by atoms with Crippen molar-refractivity contribution in [2.45, 2.75) is 19.5 Å². The summed E-state index contributed by atoms with van der Waals surface area (Å²) in [5, 5.41) is 2.97. The topological polar surface area (TPSA) is 16.1 Å². The number of aryl methyl sites for hydroxylation is 1. The standard InChI is InChI=1S/C8H11FN2S/c1-6-5-12-8(10-6)11-3-2-7(9)4-11/h5,7H,2-4H2,1H3/t7-/m0/s1. The fraction of sp³-hybridized carbons (Fsp3) is 0.625. The molecule has 12 heavy (non-hydrogen) atoms. The lowest BCUT2D eigenvalue weighted by atomic mass is 10.3. The Balaban J connectivity index is 2.11. The van der Waals surface area contributed by atoms with Gasteiger partial charge < -0.3 is 4.90 Å². The fourth-order valence-corrected chi connectivity index (χ4v) is 2.22. The Morgan fingerprint density at radius 1 is 1.75 bits per heavy atom. The van der Waals surface area contributed by atoms with Crippen molar-refractivity contribution in [2.75, 3.05) is 18.0 Å². The molecule has 0 radical (unpaired) electrons. The van der Waals surface area contributed by atoms with Crippen molar-refractivity contribution >= 4 is 16.5 Å². The van der Waals surface area contributed by atoms with Crippen LogP contribution in [0.4, 0.5) is 9.52 Å². The van der Waals surface area contributed by atoms with Crippen LogP contribution in [0.1, 0.15) is 12.1 Å². The third kappa shape index (κ3) is 1.43. The van der Waals surface area contributed by atoms with Crippen molar-refractivity contribution in [3.8, 4) is 0 Å². The third-order valence-corrected chi connectivity index (χ3v) is 3.03. The summed E-state index contributed by atoms with van der Waals surface area (Å²) in [6, 6.07) is 0. The monoisotopic (exact) mass is 186 g/mol. The minimum atomic E-state index is -0.658. The zero-order chi connectivity index (χ0) is 8.55. The van der Waals surface area contributed by atoms with Gasteiger partial charge in [0.25, 0.3) is 0 Å². The smallest absolute Gasteiger partial charge is 0.185 e. The van der Waals surface area contributed by atoms with E-state index in [1.165, 1.54) is 0 Å². The number of halogens is 1. The van der Waals surface area contributed by atoms with Gasteiger partial charge in [-0.2, -0.15) is 0 Å². The molecule has 1 atom stereocenters. The van der Waals surface area contributed by atoms with E-state index in [0.29, 0.717) is 13.0 Å². The predicted molar refractivity (Wildman–Crippen MR) is 48.6 cm³/mol. The van der Waals surface area contributed by atoms with Gasteiger partial charge in [0.1, 0.15) is 6.17 Å². The molecule has 66 valence electrons. The first-order valence-corrected chi connectivity index (χ1v) is 4.95. The van der Waals surface area contributed by atoms with Crippen LogP contribution >= 0.6 is 11.3 Å². The van der Waals surface area contributed by atoms with E-state index >= 15 is 0 Å². The van der Waals surface area contributed by atoms with Crippen molar-refractivity contribution in [1.82, 2.24) is 4.98 Å². The summed E-state index contributed by atoms with van der Waals surface area (Å²) >= 11 is 1.60. The lowest BCUT2D eigenvalue weighted by Crippen LogP contribution is -2.19. The highest BCUT2D eigenvalue weighted by Crippen LogP contribution is 2.24. The van der Waals surface area contributed by atoms with E-state index in [-0.39, 0.29) is 0 Å². The highest BCUT2D eigenvalue weighted by atomic mass is 32.1. The van der Waals surface area contributed by atoms with Gasteiger partial charge in [0.05, 0.1) is 12.2 Å². The molecular weight excluding hydrogens is 175 g/mol. The Morgan fingerprint density at radius 2 is 2.58 bits per heavy atom. The highest BCUT2D eigenvalue weighted by Gasteiger charge is 2.23. The maximum atomic E-state index is 12.8. The number of hydrogen-bond acceptors (Lipinski definition) is 3. The average Bonchev–Trinajstić information content (AvgIpc) is 2.58. The molecule has 0 aliphatic carbocycles. The van der Waals surface area contributed by atoms with Gasteiger partial charge in [-0.25, -0.2) is 9.37 Å². The van der Waals surface area contributed by atoms with E-state index in [1.807, 2.05) is 17.2 Å². The summed E-state index contributed by atoms with van der Waals surface area (Å²) in [7, 11) is 0. The summed E-state index contributed by atoms with van der Waals surface area (Å²) in [6.07, 6.45) is -0.00673. The molecule has 0 N–H and O–H groups in total. The van der Waals surface area contributed by atoms with E-state index in [1.54, 1.807) is 11.3 Å². The summed E-state index contributed by atoms with van der Waals surface area (Å²) in [6.45, 7) is 3.30. The van der Waals surface area contributed by atoms with E-state index < -0.39 is 6.17 Å². The molecule has 4 heteroatoms. The van der Waals surface area contributed by atoms with Crippen molar-refractivity contribution in [1.29, 1.82) is 0 Å². The molecule has 1 aromatic rings. The second-order valence-corrected chi connectivity index (χ2v) is 3.94. The van der Waals surface area contributed by atoms with Gasteiger partial charge in [0, 0.05) is 11.9 Å². The summed E-state index contributed by atoms with van der Waals surface area (Å²) < 4.78 is 12.8. The number of anilines is 1. The highest BCUT2D eigenvalue weighted by molar-refractivity contribution is 7.13. The van der Waals surface area contributed by atoms with Gasteiger partial charge in [-0.3, -0.25) is 0 Å². The Labute approximate surface area is 75.0 Å². The molecule has 0 amide bonds. The molecule has 2 heterocycles. The quantitative estimate of drug-likeness (QED) is 0.667. The Bertz CT molecular complexity index is 274. The fourth-order valence-electron chi connectivity index (χ4n) is 1.38. The molecule has 2 nitrogen and oxygen atoms in total. The van der Waals surface area contributed by atoms with Crippen molar-refractivity contribution < 1.29 is 4.39 Å². The lowest BCUT2D eigenvalue weighted by Gasteiger charge is -2.12. The van der Waals surface area contributed by atoms with Crippen LogP contribution in [0.2, 0.25) is 0 Å². The number of aromatic nitrogens is 1. The average molecular weight is 186 g/mol. The van der Waals surface area contributed by atoms with Gasteiger partial charge in [-0.1, -0.05) is 0 Å². The first-order chi connectivity index (χ1) is 5.75. The van der Waals surface area contributed by atoms with E-state index in [4.69, 9.17) is 0 Å². The van der Waals surface area contributed by atoms with Crippen molar-refractivity contribution in [3.63, 3.8) is 0 Å². The van der Waals surface area contributed by atoms with Crippen LogP contribution in [0.15, 0.2) is 5.38 Å². The maximum Gasteiger partial charge on any atom is 0.185 e. The first-order valence-electron chi connectivity index (χ1n) is 4.07. The first kappa shape index (κ1) is 7.98. The number of hydrogen-bond donors (Lipinski definition) is 0. The number of alkyl halides is 1. The number of rotatable bonds is 1. The molecule has 0 spiro atoms. The second-order valence-electron chi connectivity index (χ2n) is 3.10. The molecule has 2 rings (SSSR count). The van der Waals surface area contributed by atoms with E-state index in [0.717, 1.165) is 17.4 Å². The Kier molecular flexibility index (Phi) is 2.00. The van der Waals surface area contributed by atoms with Crippen LogP contribution in [0.3, 0.4) is 0 Å². The van der Waals surface area contributed by atoms with Crippen molar-refractivity contribution in [2.24, 2.45) is 0 Å². The number of thiazole rings is 1. The van der Waals surface area contributed by atoms with Crippen LogP contribution in [0, 0.1) is 6.92 Å². The third-order valence-electron chi connectivity index (χ3n) is 2.01. The minimum Gasteiger partial charge on any atom is -0.345 e. The molecule has 1 aliphatic rings. The molecule has 0 unspecified atom stereocenters.